The number of nitriles is 1. The number of rotatable bonds is 7. The highest BCUT2D eigenvalue weighted by molar-refractivity contribution is 5.94. The summed E-state index contributed by atoms with van der Waals surface area (Å²) in [6.45, 7) is 0. The molecule has 0 aliphatic rings. The molecule has 0 spiro atoms. The van der Waals surface area contributed by atoms with Crippen LogP contribution in [0.4, 0.5) is 5.69 Å². The third kappa shape index (κ3) is 4.74. The van der Waals surface area contributed by atoms with E-state index in [-0.39, 0.29) is 12.1 Å². The van der Waals surface area contributed by atoms with E-state index in [1.54, 1.807) is 18.2 Å². The van der Waals surface area contributed by atoms with Gasteiger partial charge in [0, 0.05) is 23.4 Å². The number of nitrogens with one attached hydrogen (secondary N) is 1. The predicted octanol–water partition coefficient (Wildman–Crippen LogP) is 5.08. The van der Waals surface area contributed by atoms with Gasteiger partial charge in [-0.2, -0.15) is 10.4 Å². The fourth-order valence-corrected chi connectivity index (χ4v) is 3.62. The standard InChI is InChI=1S/C26H19N5O3/c27-16-15-25(32)29-28-18-21-17-24(19-7-3-1-4-8-19)30(26(21)20-9-5-2-6-10-20)22-11-13-23(14-12-22)31(33)34/h1-14,17-18H,15H2,(H,29,32)/b28-18+. The quantitative estimate of drug-likeness (QED) is 0.241. The smallest absolute Gasteiger partial charge is 0.269 e. The number of aromatic nitrogens is 1. The molecular formula is C26H19N5O3. The van der Waals surface area contributed by atoms with Crippen LogP contribution in [0.5, 0.6) is 0 Å². The van der Waals surface area contributed by atoms with Crippen molar-refractivity contribution in [3.63, 3.8) is 0 Å². The molecule has 0 fully saturated rings. The summed E-state index contributed by atoms with van der Waals surface area (Å²) in [6, 6.07) is 29.5. The van der Waals surface area contributed by atoms with Gasteiger partial charge in [0.2, 0.25) is 0 Å². The number of amides is 1. The molecule has 1 N–H and O–H groups in total. The van der Waals surface area contributed by atoms with Gasteiger partial charge in [0.15, 0.2) is 0 Å². The minimum Gasteiger partial charge on any atom is -0.309 e. The monoisotopic (exact) mass is 449 g/mol. The largest absolute Gasteiger partial charge is 0.309 e. The van der Waals surface area contributed by atoms with Gasteiger partial charge in [-0.1, -0.05) is 60.7 Å². The predicted molar refractivity (Wildman–Crippen MR) is 129 cm³/mol. The van der Waals surface area contributed by atoms with Crippen molar-refractivity contribution in [2.75, 3.05) is 0 Å². The molecule has 0 saturated heterocycles. The molecule has 1 heterocycles. The van der Waals surface area contributed by atoms with Gasteiger partial charge in [-0.05, 0) is 29.3 Å². The van der Waals surface area contributed by atoms with Gasteiger partial charge in [-0.15, -0.1) is 0 Å². The molecule has 166 valence electrons. The van der Waals surface area contributed by atoms with E-state index in [0.717, 1.165) is 33.8 Å². The Labute approximate surface area is 195 Å². The number of hydrogen-bond acceptors (Lipinski definition) is 5. The molecule has 0 bridgehead atoms. The van der Waals surface area contributed by atoms with Crippen LogP contribution in [-0.4, -0.2) is 21.6 Å². The molecule has 8 heteroatoms. The Kier molecular flexibility index (Phi) is 6.56. The summed E-state index contributed by atoms with van der Waals surface area (Å²) >= 11 is 0. The summed E-state index contributed by atoms with van der Waals surface area (Å²) in [5.41, 5.74) is 7.29. The maximum absolute atomic E-state index is 11.7. The molecule has 0 radical (unpaired) electrons. The van der Waals surface area contributed by atoms with Gasteiger partial charge in [0.05, 0.1) is 28.6 Å². The zero-order valence-corrected chi connectivity index (χ0v) is 18.0. The number of benzene rings is 3. The number of nitro groups is 1. The fraction of sp³-hybridized carbons (Fsp3) is 0.0385. The third-order valence-electron chi connectivity index (χ3n) is 5.10. The normalized spacial score (nSPS) is 10.7. The van der Waals surface area contributed by atoms with Crippen LogP contribution >= 0.6 is 0 Å². The lowest BCUT2D eigenvalue weighted by Gasteiger charge is -2.15. The van der Waals surface area contributed by atoms with Crippen LogP contribution in [0, 0.1) is 21.4 Å². The van der Waals surface area contributed by atoms with E-state index >= 15 is 0 Å². The van der Waals surface area contributed by atoms with Gasteiger partial charge in [0.1, 0.15) is 6.42 Å². The van der Waals surface area contributed by atoms with Gasteiger partial charge < -0.3 is 4.57 Å². The van der Waals surface area contributed by atoms with E-state index in [1.807, 2.05) is 71.3 Å². The highest BCUT2D eigenvalue weighted by Gasteiger charge is 2.19. The fourth-order valence-electron chi connectivity index (χ4n) is 3.62. The zero-order chi connectivity index (χ0) is 23.9. The molecule has 0 unspecified atom stereocenters. The van der Waals surface area contributed by atoms with Crippen molar-refractivity contribution >= 4 is 17.8 Å². The van der Waals surface area contributed by atoms with Crippen molar-refractivity contribution < 1.29 is 9.72 Å². The van der Waals surface area contributed by atoms with Crippen molar-refractivity contribution in [2.45, 2.75) is 6.42 Å². The SMILES string of the molecule is N#CCC(=O)N/N=C/c1cc(-c2ccccc2)n(-c2ccc([N+](=O)[O-])cc2)c1-c1ccccc1. The molecule has 4 rings (SSSR count). The number of nitrogens with zero attached hydrogens (tertiary/aromatic N) is 4. The molecule has 1 aromatic heterocycles. The minimum absolute atomic E-state index is 0.000388. The Bertz CT molecular complexity index is 1390. The lowest BCUT2D eigenvalue weighted by atomic mass is 10.1. The second-order valence-corrected chi connectivity index (χ2v) is 7.30. The second kappa shape index (κ2) is 10.1. The van der Waals surface area contributed by atoms with Crippen LogP contribution in [0.2, 0.25) is 0 Å². The Morgan fingerprint density at radius 2 is 1.62 bits per heavy atom. The van der Waals surface area contributed by atoms with E-state index in [0.29, 0.717) is 0 Å². The first kappa shape index (κ1) is 22.2. The molecule has 0 saturated carbocycles. The van der Waals surface area contributed by atoms with Crippen molar-refractivity contribution in [1.82, 2.24) is 9.99 Å². The zero-order valence-electron chi connectivity index (χ0n) is 18.0. The summed E-state index contributed by atoms with van der Waals surface area (Å²) in [5, 5.41) is 23.9. The second-order valence-electron chi connectivity index (χ2n) is 7.30. The Morgan fingerprint density at radius 1 is 1.00 bits per heavy atom. The third-order valence-corrected chi connectivity index (χ3v) is 5.10. The lowest BCUT2D eigenvalue weighted by molar-refractivity contribution is -0.384. The van der Waals surface area contributed by atoms with Crippen LogP contribution in [0.25, 0.3) is 28.2 Å². The topological polar surface area (TPSA) is 113 Å². The van der Waals surface area contributed by atoms with E-state index in [4.69, 9.17) is 5.26 Å². The summed E-state index contributed by atoms with van der Waals surface area (Å²) in [4.78, 5) is 22.4. The van der Waals surface area contributed by atoms with E-state index < -0.39 is 10.8 Å². The van der Waals surface area contributed by atoms with E-state index in [2.05, 4.69) is 10.5 Å². The maximum Gasteiger partial charge on any atom is 0.269 e. The van der Waals surface area contributed by atoms with Crippen molar-refractivity contribution in [3.8, 4) is 34.3 Å². The first-order valence-electron chi connectivity index (χ1n) is 10.4. The molecule has 34 heavy (non-hydrogen) atoms. The van der Waals surface area contributed by atoms with Crippen LogP contribution in [0.1, 0.15) is 12.0 Å². The number of carbonyl (C=O) groups excluding carboxylic acids is 1. The highest BCUT2D eigenvalue weighted by Crippen LogP contribution is 2.35. The molecule has 4 aromatic rings. The molecule has 0 aliphatic heterocycles. The number of hydrazone groups is 1. The Morgan fingerprint density at radius 3 is 2.21 bits per heavy atom. The molecule has 8 nitrogen and oxygen atoms in total. The minimum atomic E-state index is -0.502. The van der Waals surface area contributed by atoms with Crippen molar-refractivity contribution in [2.24, 2.45) is 5.10 Å². The highest BCUT2D eigenvalue weighted by atomic mass is 16.6. The Balaban J connectivity index is 1.93. The van der Waals surface area contributed by atoms with Crippen LogP contribution in [0.15, 0.2) is 96.1 Å². The van der Waals surface area contributed by atoms with Gasteiger partial charge in [-0.3, -0.25) is 14.9 Å². The lowest BCUT2D eigenvalue weighted by Crippen LogP contribution is -2.16. The molecule has 0 aliphatic carbocycles. The summed E-state index contributed by atoms with van der Waals surface area (Å²) < 4.78 is 2.01. The Hall–Kier alpha value is -5.03. The summed E-state index contributed by atoms with van der Waals surface area (Å²) in [7, 11) is 0. The number of nitro benzene ring substituents is 1. The van der Waals surface area contributed by atoms with Gasteiger partial charge >= 0.3 is 0 Å². The van der Waals surface area contributed by atoms with Crippen LogP contribution in [-0.2, 0) is 4.79 Å². The number of non-ortho nitro benzene ring substituents is 1. The average molecular weight is 449 g/mol. The van der Waals surface area contributed by atoms with Crippen molar-refractivity contribution in [1.29, 1.82) is 5.26 Å². The summed E-state index contributed by atoms with van der Waals surface area (Å²) in [5.74, 6) is -0.502. The number of carbonyl (C=O) groups is 1. The van der Waals surface area contributed by atoms with Crippen LogP contribution in [0.3, 0.4) is 0 Å². The van der Waals surface area contributed by atoms with E-state index in [1.165, 1.54) is 18.3 Å². The van der Waals surface area contributed by atoms with Gasteiger partial charge in [0.25, 0.3) is 11.6 Å². The first-order valence-corrected chi connectivity index (χ1v) is 10.4. The molecule has 0 atom stereocenters. The summed E-state index contributed by atoms with van der Waals surface area (Å²) in [6.07, 6.45) is 1.24. The molecular weight excluding hydrogens is 430 g/mol. The first-order chi connectivity index (χ1) is 16.6. The van der Waals surface area contributed by atoms with Gasteiger partial charge in [-0.25, -0.2) is 5.43 Å². The number of hydrogen-bond donors (Lipinski definition) is 1. The molecule has 1 amide bonds. The van der Waals surface area contributed by atoms with Crippen LogP contribution < -0.4 is 5.43 Å². The molecule has 3 aromatic carbocycles. The average Bonchev–Trinajstić information content (AvgIpc) is 3.25. The van der Waals surface area contributed by atoms with Crippen molar-refractivity contribution in [3.05, 3.63) is 107 Å². The maximum atomic E-state index is 11.7. The van der Waals surface area contributed by atoms with E-state index in [9.17, 15) is 14.9 Å².